The van der Waals surface area contributed by atoms with Gasteiger partial charge < -0.3 is 43.8 Å². The summed E-state index contributed by atoms with van der Waals surface area (Å²) in [5, 5.41) is 55.1. The molecule has 0 N–H and O–H groups in total. The second-order valence-electron chi connectivity index (χ2n) is 8.64. The Labute approximate surface area is 317 Å². The Morgan fingerprint density at radius 3 is 1.12 bits per heavy atom. The van der Waals surface area contributed by atoms with Gasteiger partial charge in [-0.25, -0.2) is 0 Å². The quantitative estimate of drug-likeness (QED) is 0.0718. The number of hydrogen-bond donors (Lipinski definition) is 0. The van der Waals surface area contributed by atoms with Crippen molar-refractivity contribution in [3.05, 3.63) is 103 Å². The third-order valence-corrected chi connectivity index (χ3v) is 5.84. The van der Waals surface area contributed by atoms with Crippen LogP contribution >= 0.6 is 19.4 Å². The molecule has 0 atom stereocenters. The summed E-state index contributed by atoms with van der Waals surface area (Å²) in [6.07, 6.45) is 0. The van der Waals surface area contributed by atoms with E-state index in [4.69, 9.17) is 49.1 Å². The third kappa shape index (κ3) is 13.9. The molecule has 264 valence electrons. The minimum absolute atomic E-state index is 0. The number of rotatable bonds is 10. The van der Waals surface area contributed by atoms with Crippen molar-refractivity contribution in [3.63, 3.8) is 0 Å². The number of methoxy groups -OCH3 is 4. The van der Waals surface area contributed by atoms with Crippen molar-refractivity contribution in [1.82, 2.24) is 0 Å². The molecule has 0 saturated carbocycles. The number of ether oxygens (including phenoxy) is 4. The van der Waals surface area contributed by atoms with Gasteiger partial charge in [0, 0.05) is 36.4 Å². The molecule has 0 aliphatic carbocycles. The fourth-order valence-electron chi connectivity index (χ4n) is 3.55. The van der Waals surface area contributed by atoms with Gasteiger partial charge in [0.2, 0.25) is 22.3 Å². The van der Waals surface area contributed by atoms with Crippen LogP contribution in [0.5, 0.6) is 23.0 Å². The summed E-state index contributed by atoms with van der Waals surface area (Å²) in [5.74, 6) is 1.27. The average Bonchev–Trinajstić information content (AvgIpc) is 3.13. The number of non-ortho nitro benzene ring substituents is 2. The predicted octanol–water partition coefficient (Wildman–Crippen LogP) is 4.41. The number of diazo groups is 2. The maximum absolute atomic E-state index is 10.6. The van der Waals surface area contributed by atoms with E-state index in [2.05, 4.69) is 30.4 Å². The van der Waals surface area contributed by atoms with Crippen LogP contribution < -0.4 is 43.8 Å². The fraction of sp³-hybridized carbons (Fsp3) is 0.143. The van der Waals surface area contributed by atoms with Crippen molar-refractivity contribution in [2.24, 2.45) is 20.5 Å². The van der Waals surface area contributed by atoms with E-state index >= 15 is 0 Å². The van der Waals surface area contributed by atoms with Crippen molar-refractivity contribution in [3.8, 4) is 23.0 Å². The van der Waals surface area contributed by atoms with Crippen LogP contribution in [0.1, 0.15) is 0 Å². The minimum atomic E-state index is -0.931. The van der Waals surface area contributed by atoms with Crippen molar-refractivity contribution >= 4 is 64.9 Å². The van der Waals surface area contributed by atoms with Crippen LogP contribution in [0.2, 0.25) is 0 Å². The normalized spacial score (nSPS) is 9.49. The second kappa shape index (κ2) is 24.0. The molecular weight excluding hydrogens is 812 g/mol. The number of azo groups is 2. The Kier molecular flexibility index (Phi) is 21.5. The van der Waals surface area contributed by atoms with Crippen LogP contribution in [0.3, 0.4) is 0 Å². The molecule has 0 unspecified atom stereocenters. The van der Waals surface area contributed by atoms with Crippen LogP contribution in [-0.4, -0.2) is 38.3 Å². The molecule has 0 aromatic heterocycles. The van der Waals surface area contributed by atoms with E-state index in [1.54, 1.807) is 0 Å². The first-order valence-electron chi connectivity index (χ1n) is 13.3. The molecule has 18 nitrogen and oxygen atoms in total. The van der Waals surface area contributed by atoms with Crippen molar-refractivity contribution < 1.29 is 68.8 Å². The summed E-state index contributed by atoms with van der Waals surface area (Å²) < 4.78 is 20.5. The summed E-state index contributed by atoms with van der Waals surface area (Å²) in [4.78, 5) is 26.4. The molecule has 0 aliphatic heterocycles. The van der Waals surface area contributed by atoms with Crippen LogP contribution in [0.25, 0.3) is 9.95 Å². The van der Waals surface area contributed by atoms with Gasteiger partial charge in [-0.3, -0.25) is 20.2 Å². The summed E-state index contributed by atoms with van der Waals surface area (Å²) in [7, 11) is 15.6. The number of nitro benzene ring substituents is 2. The Bertz CT molecular complexity index is 1770. The van der Waals surface area contributed by atoms with Gasteiger partial charge in [0.1, 0.15) is 11.4 Å². The standard InChI is InChI=1S/2C14H12N5O4.4ClH.Zn/c2*1-22-13-8-12(14(23-2)7-11(13)16-15)18-17-9-3-5-10(6-4-9)19(20)21;;;;;/h2*3-8H,1-2H3;4*1H;/q2*+1;;;;;+2/p-4. The SMILES string of the molecule is COc1cc([N+]#N)c(OC)cc1N=Nc1ccc([N+](=O)[O-])cc1.COc1cc([N+]#N)c(OC)cc1N=Nc1ccc([N+](=O)[O-])cc1.[Cl-].[Cl-].[Cl][Zn][Cl]. The van der Waals surface area contributed by atoms with Crippen molar-refractivity contribution in [2.75, 3.05) is 28.4 Å². The molecule has 0 radical (unpaired) electrons. The Morgan fingerprint density at radius 2 is 0.882 bits per heavy atom. The second-order valence-corrected chi connectivity index (χ2v) is 13.3. The third-order valence-electron chi connectivity index (χ3n) is 5.84. The molecule has 23 heteroatoms. The van der Waals surface area contributed by atoms with Gasteiger partial charge in [0.05, 0.1) is 61.8 Å². The molecule has 4 aromatic rings. The van der Waals surface area contributed by atoms with Gasteiger partial charge >= 0.3 is 45.9 Å². The molecule has 0 spiro atoms. The zero-order valence-corrected chi connectivity index (χ0v) is 32.9. The Balaban J connectivity index is 0.000000878. The molecule has 0 fully saturated rings. The molecule has 4 rings (SSSR count). The summed E-state index contributed by atoms with van der Waals surface area (Å²) in [5.41, 5.74) is 1.91. The van der Waals surface area contributed by atoms with Crippen LogP contribution in [0.4, 0.5) is 45.5 Å². The zero-order valence-electron chi connectivity index (χ0n) is 26.9. The number of nitrogens with zero attached hydrogens (tertiary/aromatic N) is 10. The van der Waals surface area contributed by atoms with Gasteiger partial charge in [0.25, 0.3) is 11.4 Å². The molecule has 51 heavy (non-hydrogen) atoms. The molecule has 0 heterocycles. The van der Waals surface area contributed by atoms with Gasteiger partial charge in [0.15, 0.2) is 21.5 Å². The van der Waals surface area contributed by atoms with Gasteiger partial charge in [-0.05, 0) is 24.3 Å². The first-order valence-corrected chi connectivity index (χ1v) is 21.1. The average molecular weight is 836 g/mol. The molecular formula is C28H24Cl4N10O8Zn. The molecule has 0 saturated heterocycles. The first kappa shape index (κ1) is 45.7. The van der Waals surface area contributed by atoms with E-state index in [0.717, 1.165) is 0 Å². The molecule has 0 bridgehead atoms. The van der Waals surface area contributed by atoms with E-state index in [0.29, 0.717) is 45.7 Å². The molecule has 0 aliphatic rings. The van der Waals surface area contributed by atoms with E-state index in [1.165, 1.54) is 101 Å². The predicted molar refractivity (Wildman–Crippen MR) is 175 cm³/mol. The number of hydrogen-bond acceptors (Lipinski definition) is 14. The van der Waals surface area contributed by atoms with E-state index < -0.39 is 25.0 Å². The zero-order chi connectivity index (χ0) is 36.3. The van der Waals surface area contributed by atoms with Crippen LogP contribution in [0, 0.1) is 31.0 Å². The number of nitro groups is 2. The summed E-state index contributed by atoms with van der Waals surface area (Å²) >= 11 is -0.931. The summed E-state index contributed by atoms with van der Waals surface area (Å²) in [6, 6.07) is 17.1. The van der Waals surface area contributed by atoms with Crippen LogP contribution in [-0.2, 0) is 15.1 Å². The maximum atomic E-state index is 10.6. The van der Waals surface area contributed by atoms with Gasteiger partial charge in [-0.1, -0.05) is 0 Å². The topological polar surface area (TPSA) is 229 Å². The first-order chi connectivity index (χ1) is 23.6. The fourth-order valence-corrected chi connectivity index (χ4v) is 3.55. The monoisotopic (exact) mass is 832 g/mol. The van der Waals surface area contributed by atoms with E-state index in [1.807, 2.05) is 0 Å². The molecule has 4 aromatic carbocycles. The van der Waals surface area contributed by atoms with Crippen molar-refractivity contribution in [2.45, 2.75) is 0 Å². The van der Waals surface area contributed by atoms with Gasteiger partial charge in [-0.2, -0.15) is 10.2 Å². The van der Waals surface area contributed by atoms with E-state index in [-0.39, 0.29) is 47.6 Å². The van der Waals surface area contributed by atoms with Crippen LogP contribution in [0.15, 0.2) is 93.3 Å². The van der Waals surface area contributed by atoms with Crippen molar-refractivity contribution in [1.29, 1.82) is 10.8 Å². The van der Waals surface area contributed by atoms with E-state index in [9.17, 15) is 20.2 Å². The number of halogens is 4. The Morgan fingerprint density at radius 1 is 0.588 bits per heavy atom. The number of benzene rings is 4. The molecule has 0 amide bonds. The van der Waals surface area contributed by atoms with Gasteiger partial charge in [-0.15, -0.1) is 10.2 Å². The Hall–Kier alpha value is -5.30. The summed E-state index contributed by atoms with van der Waals surface area (Å²) in [6.45, 7) is 0.